The second-order valence-corrected chi connectivity index (χ2v) is 21.1. The number of hydrogen-bond acceptors (Lipinski definition) is 14. The van der Waals surface area contributed by atoms with Gasteiger partial charge in [0, 0.05) is 42.8 Å². The molecular weight excluding hydrogens is 911 g/mol. The number of fused-ring (bicyclic) bond motifs is 1. The average molecular weight is 992 g/mol. The molecule has 0 radical (unpaired) electrons. The minimum atomic E-state index is -1.26. The van der Waals surface area contributed by atoms with Crippen molar-refractivity contribution in [1.82, 2.24) is 34.7 Å². The second kappa shape index (κ2) is 26.5. The number of aromatic nitrogens is 4. The number of aliphatic hydroxyl groups is 3. The third kappa shape index (κ3) is 15.0. The zero-order valence-electron chi connectivity index (χ0n) is 43.7. The molecule has 15 heteroatoms. The van der Waals surface area contributed by atoms with E-state index in [-0.39, 0.29) is 18.1 Å². The number of esters is 1. The van der Waals surface area contributed by atoms with Gasteiger partial charge in [0.15, 0.2) is 12.1 Å². The molecule has 0 unspecified atom stereocenters. The van der Waals surface area contributed by atoms with Crippen LogP contribution in [-0.4, -0.2) is 151 Å². The molecule has 0 amide bonds. The summed E-state index contributed by atoms with van der Waals surface area (Å²) >= 11 is 0. The van der Waals surface area contributed by atoms with Gasteiger partial charge in [-0.25, -0.2) is 4.68 Å². The molecule has 12 atom stereocenters. The highest BCUT2D eigenvalue weighted by Gasteiger charge is 2.47. The van der Waals surface area contributed by atoms with E-state index in [0.29, 0.717) is 38.9 Å². The predicted octanol–water partition coefficient (Wildman–Crippen LogP) is 7.31. The molecule has 0 bridgehead atoms. The van der Waals surface area contributed by atoms with E-state index in [2.05, 4.69) is 43.3 Å². The van der Waals surface area contributed by atoms with E-state index in [1.165, 1.54) is 19.3 Å². The third-order valence-electron chi connectivity index (χ3n) is 15.2. The van der Waals surface area contributed by atoms with E-state index in [1.807, 2.05) is 88.5 Å². The van der Waals surface area contributed by atoms with Crippen LogP contribution in [0.25, 0.3) is 16.6 Å². The van der Waals surface area contributed by atoms with Crippen LogP contribution >= 0.6 is 0 Å². The Kier molecular flexibility index (Phi) is 20.3. The fraction of sp³-hybridized carbons (Fsp3) is 0.596. The molecule has 3 N–H and O–H groups in total. The summed E-state index contributed by atoms with van der Waals surface area (Å²) in [7, 11) is 3.58. The van der Waals surface area contributed by atoms with Crippen molar-refractivity contribution in [3.8, 4) is 5.69 Å². The number of allylic oxidation sites excluding steroid dienone is 3. The van der Waals surface area contributed by atoms with Gasteiger partial charge in [0.2, 0.25) is 0 Å². The Labute approximate surface area is 427 Å². The molecule has 4 aromatic rings. The van der Waals surface area contributed by atoms with Crippen LogP contribution in [0.15, 0.2) is 96.9 Å². The van der Waals surface area contributed by atoms with Crippen molar-refractivity contribution in [3.05, 3.63) is 108 Å². The van der Waals surface area contributed by atoms with Gasteiger partial charge in [-0.1, -0.05) is 112 Å². The lowest BCUT2D eigenvalue weighted by Crippen LogP contribution is -2.63. The van der Waals surface area contributed by atoms with Crippen LogP contribution < -0.4 is 0 Å². The minimum absolute atomic E-state index is 0.0371. The summed E-state index contributed by atoms with van der Waals surface area (Å²) < 4.78 is 21.3. The SMILES string of the molecule is CC[C@H]1OC(=O)C[C@@H](O)[C@H](C)[C@@H](O[C@@H]2O[C@H](C)[C@@H](O)[C@H](N(C)C)[C@H]2O)[C@@H](CCN(Cc2ccccc2)Cc2cn(-c3cnc4ccccc4c3)nn2)C[C@@H](C)C(=O)/C=C/C(C)=C/[C@@H]1CN1CCCCCCC1. The lowest BCUT2D eigenvalue weighted by Gasteiger charge is -2.46. The monoisotopic (exact) mass is 992 g/mol. The van der Waals surface area contributed by atoms with E-state index >= 15 is 0 Å². The maximum atomic E-state index is 14.3. The minimum Gasteiger partial charge on any atom is -0.462 e. The van der Waals surface area contributed by atoms with Crippen molar-refractivity contribution in [2.24, 2.45) is 23.7 Å². The maximum absolute atomic E-state index is 14.3. The zero-order chi connectivity index (χ0) is 51.3. The first-order chi connectivity index (χ1) is 34.7. The van der Waals surface area contributed by atoms with Crippen LogP contribution in [0.5, 0.6) is 0 Å². The summed E-state index contributed by atoms with van der Waals surface area (Å²) in [5.41, 5.74) is 4.45. The van der Waals surface area contributed by atoms with Gasteiger partial charge in [0.1, 0.15) is 12.2 Å². The molecule has 2 aromatic heterocycles. The van der Waals surface area contributed by atoms with Crippen LogP contribution in [0.1, 0.15) is 104 Å². The molecule has 72 heavy (non-hydrogen) atoms. The molecule has 3 aliphatic rings. The Morgan fingerprint density at radius 3 is 2.35 bits per heavy atom. The quantitative estimate of drug-likeness (QED) is 0.107. The van der Waals surface area contributed by atoms with E-state index in [4.69, 9.17) is 14.2 Å². The second-order valence-electron chi connectivity index (χ2n) is 21.1. The Hall–Kier alpha value is -4.71. The molecule has 2 saturated heterocycles. The van der Waals surface area contributed by atoms with Crippen LogP contribution in [0, 0.1) is 23.7 Å². The Balaban J connectivity index is 1.21. The molecular formula is C57H81N7O8. The molecule has 2 aromatic carbocycles. The predicted molar refractivity (Wildman–Crippen MR) is 279 cm³/mol. The molecule has 5 heterocycles. The van der Waals surface area contributed by atoms with Gasteiger partial charge in [0.05, 0.1) is 66.2 Å². The van der Waals surface area contributed by atoms with Crippen molar-refractivity contribution in [3.63, 3.8) is 0 Å². The van der Waals surface area contributed by atoms with Gasteiger partial charge in [-0.05, 0) is 109 Å². The van der Waals surface area contributed by atoms with Crippen molar-refractivity contribution in [1.29, 1.82) is 0 Å². The number of cyclic esters (lactones) is 1. The number of carbonyl (C=O) groups is 2. The largest absolute Gasteiger partial charge is 0.462 e. The molecule has 2 fully saturated rings. The molecule has 392 valence electrons. The van der Waals surface area contributed by atoms with Gasteiger partial charge < -0.3 is 39.3 Å². The van der Waals surface area contributed by atoms with Crippen LogP contribution in [0.4, 0.5) is 0 Å². The summed E-state index contributed by atoms with van der Waals surface area (Å²) in [6, 6.07) is 19.5. The summed E-state index contributed by atoms with van der Waals surface area (Å²) in [4.78, 5) is 39.6. The molecule has 7 rings (SSSR count). The number of aliphatic hydroxyl groups excluding tert-OH is 3. The van der Waals surface area contributed by atoms with Crippen LogP contribution in [0.3, 0.4) is 0 Å². The number of likely N-dealkylation sites (N-methyl/N-ethyl adjacent to an activating group) is 1. The van der Waals surface area contributed by atoms with Gasteiger partial charge in [-0.15, -0.1) is 5.10 Å². The number of nitrogens with zero attached hydrogens (tertiary/aromatic N) is 7. The number of likely N-dealkylation sites (tertiary alicyclic amines) is 1. The van der Waals surface area contributed by atoms with Crippen LogP contribution in [0.2, 0.25) is 0 Å². The number of pyridine rings is 1. The number of para-hydroxylation sites is 1. The van der Waals surface area contributed by atoms with Gasteiger partial charge in [-0.2, -0.15) is 0 Å². The number of ketones is 1. The van der Waals surface area contributed by atoms with Gasteiger partial charge >= 0.3 is 5.97 Å². The van der Waals surface area contributed by atoms with E-state index in [0.717, 1.165) is 65.9 Å². The fourth-order valence-corrected chi connectivity index (χ4v) is 11.0. The fourth-order valence-electron chi connectivity index (χ4n) is 11.0. The first-order valence-corrected chi connectivity index (χ1v) is 26.5. The topological polar surface area (TPSA) is 176 Å². The lowest BCUT2D eigenvalue weighted by atomic mass is 9.79. The first kappa shape index (κ1) is 55.0. The van der Waals surface area contributed by atoms with Crippen LogP contribution in [-0.2, 0) is 36.9 Å². The van der Waals surface area contributed by atoms with Gasteiger partial charge in [0.25, 0.3) is 0 Å². The number of ether oxygens (including phenoxy) is 3. The molecule has 3 aliphatic heterocycles. The van der Waals surface area contributed by atoms with Crippen molar-refractivity contribution in [2.75, 3.05) is 40.3 Å². The highest BCUT2D eigenvalue weighted by atomic mass is 16.7. The number of hydrogen-bond donors (Lipinski definition) is 3. The van der Waals surface area contributed by atoms with Crippen molar-refractivity contribution in [2.45, 2.75) is 154 Å². The summed E-state index contributed by atoms with van der Waals surface area (Å²) in [6.07, 6.45) is 9.90. The maximum Gasteiger partial charge on any atom is 0.308 e. The summed E-state index contributed by atoms with van der Waals surface area (Å²) in [5.74, 6) is -2.21. The standard InChI is InChI=1S/C57H81N7O8/c1-8-51-45(35-62-26-17-10-9-11-18-27-62)29-38(2)23-24-49(65)39(3)30-44(56(40(4)50(66)32-52(67)71-51)72-57-55(69)53(61(6)7)54(68)41(5)70-57)25-28-63(34-42-19-13-12-14-20-42)36-46-37-64(60-59-46)47-31-43-21-15-16-22-48(43)58-33-47/h12-16,19-24,29,31,33,37,39-41,44-45,50-51,53-57,66,68-69H,8-11,17-18,25-28,30,32,34-36H2,1-7H3/b24-23+,38-29+/t39-,40+,41-,44+,45-,50-,51-,53+,54-,55-,56-,57+/m1/s1. The van der Waals surface area contributed by atoms with E-state index in [1.54, 1.807) is 42.9 Å². The summed E-state index contributed by atoms with van der Waals surface area (Å²) in [6.45, 7) is 13.8. The normalized spacial score (nSPS) is 31.2. The zero-order valence-corrected chi connectivity index (χ0v) is 43.7. The molecule has 0 spiro atoms. The van der Waals surface area contributed by atoms with E-state index < -0.39 is 72.7 Å². The molecule has 15 nitrogen and oxygen atoms in total. The highest BCUT2D eigenvalue weighted by molar-refractivity contribution is 5.91. The highest BCUT2D eigenvalue weighted by Crippen LogP contribution is 2.35. The first-order valence-electron chi connectivity index (χ1n) is 26.5. The van der Waals surface area contributed by atoms with Crippen molar-refractivity contribution < 1.29 is 39.1 Å². The smallest absolute Gasteiger partial charge is 0.308 e. The Bertz CT molecular complexity index is 2390. The third-order valence-corrected chi connectivity index (χ3v) is 15.2. The number of carbonyl (C=O) groups excluding carboxylic acids is 2. The number of benzene rings is 2. The Morgan fingerprint density at radius 2 is 1.61 bits per heavy atom. The van der Waals surface area contributed by atoms with Crippen molar-refractivity contribution >= 4 is 22.7 Å². The Morgan fingerprint density at radius 1 is 0.889 bits per heavy atom. The molecule has 0 saturated carbocycles. The average Bonchev–Trinajstić information content (AvgIpc) is 3.83. The number of rotatable bonds is 14. The lowest BCUT2D eigenvalue weighted by molar-refractivity contribution is -0.304. The van der Waals surface area contributed by atoms with Gasteiger partial charge in [-0.3, -0.25) is 19.5 Å². The summed E-state index contributed by atoms with van der Waals surface area (Å²) in [5, 5.41) is 45.4. The molecule has 0 aliphatic carbocycles. The van der Waals surface area contributed by atoms with E-state index in [9.17, 15) is 24.9 Å².